The van der Waals surface area contributed by atoms with E-state index < -0.39 is 0 Å². The molecule has 0 aromatic heterocycles. The topological polar surface area (TPSA) is 32.7 Å². The largest absolute Gasteiger partial charge is 0.291 e. The van der Waals surface area contributed by atoms with Crippen LogP contribution in [0.15, 0.2) is 83.6 Å². The Bertz CT molecular complexity index is 956. The number of benzene rings is 2. The predicted molar refractivity (Wildman–Crippen MR) is 114 cm³/mol. The Labute approximate surface area is 167 Å². The van der Waals surface area contributed by atoms with Crippen LogP contribution >= 0.6 is 23.4 Å². The van der Waals surface area contributed by atoms with Gasteiger partial charge < -0.3 is 0 Å². The Morgan fingerprint density at radius 2 is 1.74 bits per heavy atom. The van der Waals surface area contributed by atoms with Crippen LogP contribution in [0.25, 0.3) is 6.08 Å². The summed E-state index contributed by atoms with van der Waals surface area (Å²) >= 11 is 7.68. The summed E-state index contributed by atoms with van der Waals surface area (Å²) in [6.45, 7) is 0.909. The third-order valence-electron chi connectivity index (χ3n) is 4.26. The van der Waals surface area contributed by atoms with E-state index in [-0.39, 0.29) is 5.91 Å². The Morgan fingerprint density at radius 3 is 2.37 bits per heavy atom. The highest BCUT2D eigenvalue weighted by Crippen LogP contribution is 2.21. The summed E-state index contributed by atoms with van der Waals surface area (Å²) in [5.74, 6) is 0.986. The van der Waals surface area contributed by atoms with Crippen molar-refractivity contribution in [2.24, 2.45) is 4.99 Å². The summed E-state index contributed by atoms with van der Waals surface area (Å²) in [7, 11) is 0. The van der Waals surface area contributed by atoms with E-state index in [4.69, 9.17) is 11.6 Å². The number of rotatable bonds is 3. The van der Waals surface area contributed by atoms with Crippen LogP contribution in [-0.2, 0) is 0 Å². The van der Waals surface area contributed by atoms with Gasteiger partial charge in [0.1, 0.15) is 0 Å². The summed E-state index contributed by atoms with van der Waals surface area (Å²) in [5.41, 5.74) is 3.93. The molecular weight excluding hydrogens is 376 g/mol. The Kier molecular flexibility index (Phi) is 5.28. The van der Waals surface area contributed by atoms with Gasteiger partial charge in [-0.05, 0) is 53.6 Å². The molecule has 2 aliphatic heterocycles. The minimum Gasteiger partial charge on any atom is -0.291 e. The molecule has 2 aliphatic rings. The summed E-state index contributed by atoms with van der Waals surface area (Å²) in [4.78, 5) is 18.6. The van der Waals surface area contributed by atoms with Crippen LogP contribution in [0, 0.1) is 0 Å². The second kappa shape index (κ2) is 7.99. The Balaban J connectivity index is 1.44. The van der Waals surface area contributed by atoms with Crippen LogP contribution in [0.5, 0.6) is 0 Å². The summed E-state index contributed by atoms with van der Waals surface area (Å²) in [6, 6.07) is 15.3. The third-order valence-corrected chi connectivity index (χ3v) is 5.53. The molecule has 0 bridgehead atoms. The van der Waals surface area contributed by atoms with Crippen molar-refractivity contribution in [1.29, 1.82) is 0 Å². The summed E-state index contributed by atoms with van der Waals surface area (Å²) < 4.78 is 0. The molecule has 0 atom stereocenters. The van der Waals surface area contributed by atoms with Gasteiger partial charge in [-0.1, -0.05) is 35.9 Å². The highest BCUT2D eigenvalue weighted by molar-refractivity contribution is 8.14. The van der Waals surface area contributed by atoms with Gasteiger partial charge >= 0.3 is 0 Å². The molecule has 2 heterocycles. The molecule has 0 N–H and O–H groups in total. The summed E-state index contributed by atoms with van der Waals surface area (Å²) in [5, 5.41) is 1.74. The maximum Gasteiger partial charge on any atom is 0.261 e. The number of thioether (sulfide) groups is 1. The standard InChI is InChI=1S/C22H17ClN2OS/c23-20-7-5-19(6-8-20)22(26)25-12-9-17(10-13-25)15-16-1-3-18(4-2-16)21-24-11-14-27-21/h1-10,12-13,15H,11,14H2. The monoisotopic (exact) mass is 392 g/mol. The zero-order valence-corrected chi connectivity index (χ0v) is 16.1. The molecule has 0 saturated carbocycles. The maximum atomic E-state index is 12.5. The minimum absolute atomic E-state index is 0.0857. The normalized spacial score (nSPS) is 15.8. The van der Waals surface area contributed by atoms with Gasteiger partial charge in [0.05, 0.1) is 5.04 Å². The van der Waals surface area contributed by atoms with Gasteiger partial charge in [-0.15, -0.1) is 11.8 Å². The number of carbonyl (C=O) groups excluding carboxylic acids is 1. The predicted octanol–water partition coefficient (Wildman–Crippen LogP) is 5.40. The minimum atomic E-state index is -0.0857. The van der Waals surface area contributed by atoms with Crippen LogP contribution in [0.1, 0.15) is 21.5 Å². The van der Waals surface area contributed by atoms with Gasteiger partial charge in [-0.3, -0.25) is 14.7 Å². The number of halogens is 1. The molecule has 0 spiro atoms. The third kappa shape index (κ3) is 4.24. The second-order valence-corrected chi connectivity index (χ2v) is 7.67. The van der Waals surface area contributed by atoms with Crippen LogP contribution in [0.4, 0.5) is 0 Å². The molecule has 4 rings (SSSR count). The van der Waals surface area contributed by atoms with Gasteiger partial charge in [0.25, 0.3) is 5.91 Å². The highest BCUT2D eigenvalue weighted by Gasteiger charge is 2.13. The van der Waals surface area contributed by atoms with Crippen molar-refractivity contribution in [3.8, 4) is 0 Å². The van der Waals surface area contributed by atoms with Crippen LogP contribution < -0.4 is 0 Å². The fourth-order valence-electron chi connectivity index (χ4n) is 2.84. The van der Waals surface area contributed by atoms with E-state index in [1.54, 1.807) is 53.3 Å². The molecule has 3 nitrogen and oxygen atoms in total. The zero-order valence-electron chi connectivity index (χ0n) is 14.5. The molecule has 0 unspecified atom stereocenters. The van der Waals surface area contributed by atoms with Gasteiger partial charge in [0.2, 0.25) is 0 Å². The van der Waals surface area contributed by atoms with E-state index in [0.717, 1.165) is 28.5 Å². The van der Waals surface area contributed by atoms with Gasteiger partial charge in [-0.25, -0.2) is 0 Å². The van der Waals surface area contributed by atoms with E-state index in [1.165, 1.54) is 5.56 Å². The van der Waals surface area contributed by atoms with Gasteiger partial charge in [-0.2, -0.15) is 0 Å². The van der Waals surface area contributed by atoms with Crippen LogP contribution in [-0.4, -0.2) is 28.1 Å². The fraction of sp³-hybridized carbons (Fsp3) is 0.0909. The Hall–Kier alpha value is -2.56. The van der Waals surface area contributed by atoms with E-state index in [1.807, 2.05) is 12.2 Å². The number of nitrogens with zero attached hydrogens (tertiary/aromatic N) is 2. The lowest BCUT2D eigenvalue weighted by Crippen LogP contribution is -2.21. The average Bonchev–Trinajstić information content (AvgIpc) is 3.24. The van der Waals surface area contributed by atoms with Crippen molar-refractivity contribution in [1.82, 2.24) is 4.90 Å². The molecule has 2 aromatic rings. The van der Waals surface area contributed by atoms with Crippen molar-refractivity contribution in [3.05, 3.63) is 100 Å². The number of hydrogen-bond acceptors (Lipinski definition) is 3. The summed E-state index contributed by atoms with van der Waals surface area (Å²) in [6.07, 6.45) is 9.50. The van der Waals surface area contributed by atoms with Crippen LogP contribution in [0.3, 0.4) is 0 Å². The quantitative estimate of drug-likeness (QED) is 0.700. The molecule has 2 aromatic carbocycles. The molecule has 27 heavy (non-hydrogen) atoms. The lowest BCUT2D eigenvalue weighted by Gasteiger charge is -2.17. The lowest BCUT2D eigenvalue weighted by atomic mass is 10.1. The first-order chi connectivity index (χ1) is 13.2. The first-order valence-corrected chi connectivity index (χ1v) is 9.99. The molecule has 134 valence electrons. The van der Waals surface area contributed by atoms with E-state index in [0.29, 0.717) is 10.6 Å². The molecule has 0 fully saturated rings. The van der Waals surface area contributed by atoms with Gasteiger partial charge in [0, 0.05) is 40.8 Å². The number of carbonyl (C=O) groups is 1. The smallest absolute Gasteiger partial charge is 0.261 e. The van der Waals surface area contributed by atoms with Crippen molar-refractivity contribution >= 4 is 40.4 Å². The lowest BCUT2D eigenvalue weighted by molar-refractivity contribution is 0.0868. The Morgan fingerprint density at radius 1 is 1.04 bits per heavy atom. The highest BCUT2D eigenvalue weighted by atomic mass is 35.5. The first kappa shape index (κ1) is 17.8. The van der Waals surface area contributed by atoms with Crippen LogP contribution in [0.2, 0.25) is 5.02 Å². The molecule has 0 saturated heterocycles. The first-order valence-electron chi connectivity index (χ1n) is 8.63. The van der Waals surface area contributed by atoms with Gasteiger partial charge in [0.15, 0.2) is 0 Å². The van der Waals surface area contributed by atoms with E-state index in [9.17, 15) is 4.79 Å². The number of allylic oxidation sites excluding steroid dienone is 3. The average molecular weight is 393 g/mol. The maximum absolute atomic E-state index is 12.5. The fourth-order valence-corrected chi connectivity index (χ4v) is 3.82. The molecule has 0 aliphatic carbocycles. The molecule has 1 amide bonds. The van der Waals surface area contributed by atoms with E-state index >= 15 is 0 Å². The zero-order chi connectivity index (χ0) is 18.6. The number of hydrogen-bond donors (Lipinski definition) is 0. The van der Waals surface area contributed by atoms with Crippen molar-refractivity contribution < 1.29 is 4.79 Å². The number of aliphatic imine (C=N–C) groups is 1. The molecule has 5 heteroatoms. The molecule has 0 radical (unpaired) electrons. The SMILES string of the molecule is O=C(c1ccc(Cl)cc1)N1C=CC(=Cc2ccc(C3=NCCS3)cc2)C=C1. The van der Waals surface area contributed by atoms with Crippen molar-refractivity contribution in [2.75, 3.05) is 12.3 Å². The van der Waals surface area contributed by atoms with Crippen molar-refractivity contribution in [3.63, 3.8) is 0 Å². The second-order valence-electron chi connectivity index (χ2n) is 6.15. The van der Waals surface area contributed by atoms with E-state index in [2.05, 4.69) is 35.3 Å². The molecular formula is C22H17ClN2OS. The van der Waals surface area contributed by atoms with Crippen molar-refractivity contribution in [2.45, 2.75) is 0 Å². The number of amides is 1.